The second kappa shape index (κ2) is 11.0. The topological polar surface area (TPSA) is 116 Å². The first-order valence-corrected chi connectivity index (χ1v) is 9.32. The first kappa shape index (κ1) is 22.1. The van der Waals surface area contributed by atoms with E-state index in [2.05, 4.69) is 36.3 Å². The van der Waals surface area contributed by atoms with Gasteiger partial charge in [0.05, 0.1) is 0 Å². The standard InChI is InChI=1S/C22H26N4O3/c1-15(2)24-14-18-7-5-16(6-8-18)3-4-17-9-11-19(12-10-17)21(27)25-20(13-23)22(28)26-29/h5-12,15,20,24,29H,13-14,23H2,1-2H3,(H,25,27)(H,26,28)/t20-/m0/s1. The molecule has 0 heterocycles. The molecule has 0 saturated heterocycles. The Labute approximate surface area is 170 Å². The molecule has 0 spiro atoms. The molecular weight excluding hydrogens is 368 g/mol. The molecule has 2 aromatic carbocycles. The molecule has 2 rings (SSSR count). The van der Waals surface area contributed by atoms with Crippen molar-refractivity contribution in [3.05, 3.63) is 70.8 Å². The average molecular weight is 394 g/mol. The van der Waals surface area contributed by atoms with E-state index < -0.39 is 17.9 Å². The lowest BCUT2D eigenvalue weighted by Gasteiger charge is -2.14. The highest BCUT2D eigenvalue weighted by Crippen LogP contribution is 2.06. The molecule has 2 aromatic rings. The highest BCUT2D eigenvalue weighted by molar-refractivity contribution is 5.97. The summed E-state index contributed by atoms with van der Waals surface area (Å²) in [7, 11) is 0. The zero-order valence-electron chi connectivity index (χ0n) is 16.5. The van der Waals surface area contributed by atoms with Crippen LogP contribution in [0, 0.1) is 11.8 Å². The van der Waals surface area contributed by atoms with Crippen LogP contribution in [0.1, 0.15) is 40.9 Å². The lowest BCUT2D eigenvalue weighted by molar-refractivity contribution is -0.130. The fraction of sp³-hybridized carbons (Fsp3) is 0.273. The normalized spacial score (nSPS) is 11.3. The number of nitrogens with two attached hydrogens (primary N) is 1. The van der Waals surface area contributed by atoms with Gasteiger partial charge in [-0.05, 0) is 42.0 Å². The van der Waals surface area contributed by atoms with E-state index in [0.29, 0.717) is 11.6 Å². The van der Waals surface area contributed by atoms with Gasteiger partial charge in [-0.1, -0.05) is 37.8 Å². The van der Waals surface area contributed by atoms with Gasteiger partial charge in [0.25, 0.3) is 11.8 Å². The molecule has 0 bridgehead atoms. The van der Waals surface area contributed by atoms with E-state index in [9.17, 15) is 9.59 Å². The molecule has 7 heteroatoms. The summed E-state index contributed by atoms with van der Waals surface area (Å²) in [6.45, 7) is 4.90. The van der Waals surface area contributed by atoms with Crippen LogP contribution in [0.3, 0.4) is 0 Å². The maximum Gasteiger partial charge on any atom is 0.267 e. The molecule has 2 amide bonds. The zero-order valence-corrected chi connectivity index (χ0v) is 16.5. The van der Waals surface area contributed by atoms with Crippen LogP contribution in [-0.4, -0.2) is 35.7 Å². The van der Waals surface area contributed by atoms with Crippen molar-refractivity contribution in [2.24, 2.45) is 5.73 Å². The molecule has 0 radical (unpaired) electrons. The van der Waals surface area contributed by atoms with Crippen molar-refractivity contribution in [3.63, 3.8) is 0 Å². The molecule has 0 unspecified atom stereocenters. The number of benzene rings is 2. The summed E-state index contributed by atoms with van der Waals surface area (Å²) >= 11 is 0. The van der Waals surface area contributed by atoms with Crippen LogP contribution in [0.25, 0.3) is 0 Å². The monoisotopic (exact) mass is 394 g/mol. The molecule has 0 aliphatic heterocycles. The van der Waals surface area contributed by atoms with Gasteiger partial charge in [0, 0.05) is 35.8 Å². The van der Waals surface area contributed by atoms with Gasteiger partial charge in [-0.25, -0.2) is 5.48 Å². The third-order valence-electron chi connectivity index (χ3n) is 4.13. The average Bonchev–Trinajstić information content (AvgIpc) is 2.74. The number of hydrogen-bond acceptors (Lipinski definition) is 5. The van der Waals surface area contributed by atoms with Gasteiger partial charge in [-0.3, -0.25) is 14.8 Å². The fourth-order valence-electron chi connectivity index (χ4n) is 2.43. The third-order valence-corrected chi connectivity index (χ3v) is 4.13. The van der Waals surface area contributed by atoms with Crippen LogP contribution < -0.4 is 21.8 Å². The van der Waals surface area contributed by atoms with Crippen molar-refractivity contribution in [3.8, 4) is 11.8 Å². The van der Waals surface area contributed by atoms with Crippen LogP contribution in [0.2, 0.25) is 0 Å². The van der Waals surface area contributed by atoms with Gasteiger partial charge in [-0.2, -0.15) is 0 Å². The van der Waals surface area contributed by atoms with Gasteiger partial charge < -0.3 is 16.4 Å². The maximum atomic E-state index is 12.2. The molecule has 0 aliphatic carbocycles. The number of hydrogen-bond donors (Lipinski definition) is 5. The molecule has 0 saturated carbocycles. The molecule has 7 nitrogen and oxygen atoms in total. The van der Waals surface area contributed by atoms with Crippen molar-refractivity contribution in [1.29, 1.82) is 0 Å². The predicted molar refractivity (Wildman–Crippen MR) is 111 cm³/mol. The van der Waals surface area contributed by atoms with E-state index >= 15 is 0 Å². The van der Waals surface area contributed by atoms with Crippen LogP contribution >= 0.6 is 0 Å². The Kier molecular flexibility index (Phi) is 8.37. The second-order valence-electron chi connectivity index (χ2n) is 6.80. The van der Waals surface area contributed by atoms with Gasteiger partial charge in [0.1, 0.15) is 6.04 Å². The maximum absolute atomic E-state index is 12.2. The molecule has 1 atom stereocenters. The summed E-state index contributed by atoms with van der Waals surface area (Å²) in [4.78, 5) is 23.6. The van der Waals surface area contributed by atoms with Crippen LogP contribution in [-0.2, 0) is 11.3 Å². The van der Waals surface area contributed by atoms with Gasteiger partial charge in [0.2, 0.25) is 0 Å². The van der Waals surface area contributed by atoms with E-state index in [4.69, 9.17) is 10.9 Å². The van der Waals surface area contributed by atoms with E-state index in [1.165, 1.54) is 11.0 Å². The molecule has 0 aliphatic rings. The Bertz CT molecular complexity index is 881. The van der Waals surface area contributed by atoms with Gasteiger partial charge in [-0.15, -0.1) is 0 Å². The van der Waals surface area contributed by atoms with E-state index in [1.54, 1.807) is 24.3 Å². The third kappa shape index (κ3) is 7.05. The molecular formula is C22H26N4O3. The van der Waals surface area contributed by atoms with E-state index in [-0.39, 0.29) is 6.54 Å². The first-order valence-electron chi connectivity index (χ1n) is 9.32. The summed E-state index contributed by atoms with van der Waals surface area (Å²) in [5.74, 6) is 4.93. The minimum atomic E-state index is -1.01. The Balaban J connectivity index is 1.99. The van der Waals surface area contributed by atoms with Gasteiger partial charge in [0.15, 0.2) is 0 Å². The largest absolute Gasteiger partial charge is 0.339 e. The summed E-state index contributed by atoms with van der Waals surface area (Å²) in [6.07, 6.45) is 0. The van der Waals surface area contributed by atoms with Crippen molar-refractivity contribution < 1.29 is 14.8 Å². The molecule has 29 heavy (non-hydrogen) atoms. The van der Waals surface area contributed by atoms with Crippen LogP contribution in [0.15, 0.2) is 48.5 Å². The lowest BCUT2D eigenvalue weighted by atomic mass is 10.1. The second-order valence-corrected chi connectivity index (χ2v) is 6.80. The predicted octanol–water partition coefficient (Wildman–Crippen LogP) is 1.15. The number of carbonyl (C=O) groups excluding carboxylic acids is 2. The number of rotatable bonds is 7. The highest BCUT2D eigenvalue weighted by atomic mass is 16.5. The Hall–Kier alpha value is -3.18. The van der Waals surface area contributed by atoms with Crippen molar-refractivity contribution >= 4 is 11.8 Å². The van der Waals surface area contributed by atoms with E-state index in [1.807, 2.05) is 24.3 Å². The number of amides is 2. The Morgan fingerprint density at radius 3 is 2.03 bits per heavy atom. The van der Waals surface area contributed by atoms with Crippen LogP contribution in [0.5, 0.6) is 0 Å². The van der Waals surface area contributed by atoms with E-state index in [0.717, 1.165) is 17.7 Å². The molecule has 0 aromatic heterocycles. The van der Waals surface area contributed by atoms with Crippen molar-refractivity contribution in [2.75, 3.05) is 6.54 Å². The smallest absolute Gasteiger partial charge is 0.267 e. The Morgan fingerprint density at radius 2 is 1.55 bits per heavy atom. The molecule has 152 valence electrons. The Morgan fingerprint density at radius 1 is 1.00 bits per heavy atom. The minimum Gasteiger partial charge on any atom is -0.339 e. The molecule has 6 N–H and O–H groups in total. The number of nitrogens with one attached hydrogen (secondary N) is 3. The minimum absolute atomic E-state index is 0.131. The zero-order chi connectivity index (χ0) is 21.2. The van der Waals surface area contributed by atoms with Gasteiger partial charge >= 0.3 is 0 Å². The summed E-state index contributed by atoms with van der Waals surface area (Å²) in [5.41, 5.74) is 10.1. The highest BCUT2D eigenvalue weighted by Gasteiger charge is 2.19. The lowest BCUT2D eigenvalue weighted by Crippen LogP contribution is -2.50. The molecule has 0 fully saturated rings. The van der Waals surface area contributed by atoms with Crippen LogP contribution in [0.4, 0.5) is 0 Å². The SMILES string of the molecule is CC(C)NCc1ccc(C#Cc2ccc(C(=O)N[C@@H](CN)C(=O)NO)cc2)cc1. The first-order chi connectivity index (χ1) is 13.9. The quantitative estimate of drug-likeness (QED) is 0.274. The fourth-order valence-corrected chi connectivity index (χ4v) is 2.43. The summed E-state index contributed by atoms with van der Waals surface area (Å²) in [5, 5.41) is 14.5. The van der Waals surface area contributed by atoms with Crippen molar-refractivity contribution in [2.45, 2.75) is 32.5 Å². The van der Waals surface area contributed by atoms with Crippen molar-refractivity contribution in [1.82, 2.24) is 16.1 Å². The number of carbonyl (C=O) groups is 2. The summed E-state index contributed by atoms with van der Waals surface area (Å²) < 4.78 is 0. The number of hydroxylamine groups is 1. The summed E-state index contributed by atoms with van der Waals surface area (Å²) in [6, 6.07) is 14.2.